The molecule has 2 aromatic carbocycles. The molecule has 0 saturated heterocycles. The molecule has 1 N–H and O–H groups in total. The number of fused-ring (bicyclic) bond motifs is 1. The maximum Gasteiger partial charge on any atom is 0.162 e. The van der Waals surface area contributed by atoms with Crippen molar-refractivity contribution in [2.45, 2.75) is 19.9 Å². The summed E-state index contributed by atoms with van der Waals surface area (Å²) >= 11 is 0. The number of nitrogens with one attached hydrogen (secondary N) is 1. The van der Waals surface area contributed by atoms with Crippen LogP contribution in [0, 0.1) is 6.92 Å². The van der Waals surface area contributed by atoms with E-state index >= 15 is 0 Å². The number of nitrogens with zero attached hydrogens (tertiary/aromatic N) is 4. The first kappa shape index (κ1) is 19.6. The summed E-state index contributed by atoms with van der Waals surface area (Å²) in [5, 5.41) is 4.40. The first-order valence-electron chi connectivity index (χ1n) is 9.61. The first-order valence-corrected chi connectivity index (χ1v) is 9.61. The van der Waals surface area contributed by atoms with Gasteiger partial charge in [-0.05, 0) is 37.1 Å². The standard InChI is InChI=1S/C23H23N5O2/c1-14(16-6-5-7-17(8-16)18-11-24-13-25-12-18)26-23-19-9-21(29-3)22(30-4)10-20(19)27-15(2)28-23/h5-14H,1-4H3,(H,26,27,28). The lowest BCUT2D eigenvalue weighted by Crippen LogP contribution is -2.10. The highest BCUT2D eigenvalue weighted by molar-refractivity contribution is 5.92. The molecule has 152 valence electrons. The molecule has 2 aromatic heterocycles. The highest BCUT2D eigenvalue weighted by Crippen LogP contribution is 2.35. The quantitative estimate of drug-likeness (QED) is 0.506. The topological polar surface area (TPSA) is 82.1 Å². The zero-order valence-electron chi connectivity index (χ0n) is 17.4. The van der Waals surface area contributed by atoms with Gasteiger partial charge in [0.1, 0.15) is 18.0 Å². The second-order valence-electron chi connectivity index (χ2n) is 6.96. The molecule has 0 aliphatic rings. The van der Waals surface area contributed by atoms with Gasteiger partial charge in [-0.2, -0.15) is 0 Å². The molecule has 0 spiro atoms. The van der Waals surface area contributed by atoms with E-state index in [9.17, 15) is 0 Å². The van der Waals surface area contributed by atoms with Crippen molar-refractivity contribution in [2.24, 2.45) is 0 Å². The molecule has 0 saturated carbocycles. The molecule has 2 heterocycles. The van der Waals surface area contributed by atoms with Crippen LogP contribution in [0.25, 0.3) is 22.0 Å². The summed E-state index contributed by atoms with van der Waals surface area (Å²) < 4.78 is 10.9. The Morgan fingerprint density at radius 2 is 1.63 bits per heavy atom. The van der Waals surface area contributed by atoms with Crippen LogP contribution in [0.2, 0.25) is 0 Å². The summed E-state index contributed by atoms with van der Waals surface area (Å²) in [5.41, 5.74) is 3.97. The molecule has 7 nitrogen and oxygen atoms in total. The number of hydrogen-bond acceptors (Lipinski definition) is 7. The van der Waals surface area contributed by atoms with Crippen LogP contribution in [-0.4, -0.2) is 34.2 Å². The van der Waals surface area contributed by atoms with E-state index in [0.717, 1.165) is 33.4 Å². The van der Waals surface area contributed by atoms with Crippen LogP contribution in [0.4, 0.5) is 5.82 Å². The van der Waals surface area contributed by atoms with E-state index < -0.39 is 0 Å². The molecule has 1 atom stereocenters. The van der Waals surface area contributed by atoms with Crippen molar-refractivity contribution in [1.82, 2.24) is 19.9 Å². The van der Waals surface area contributed by atoms with Crippen LogP contribution in [0.5, 0.6) is 11.5 Å². The van der Waals surface area contributed by atoms with Gasteiger partial charge in [-0.3, -0.25) is 0 Å². The van der Waals surface area contributed by atoms with Gasteiger partial charge in [0.2, 0.25) is 0 Å². The molecule has 0 bridgehead atoms. The molecule has 0 fully saturated rings. The smallest absolute Gasteiger partial charge is 0.162 e. The Bertz CT molecular complexity index is 1180. The normalized spacial score (nSPS) is 11.9. The van der Waals surface area contributed by atoms with Crippen molar-refractivity contribution >= 4 is 16.7 Å². The van der Waals surface area contributed by atoms with Crippen LogP contribution in [0.3, 0.4) is 0 Å². The second-order valence-corrected chi connectivity index (χ2v) is 6.96. The fraction of sp³-hybridized carbons (Fsp3) is 0.217. The van der Waals surface area contributed by atoms with Gasteiger partial charge in [0.25, 0.3) is 0 Å². The zero-order chi connectivity index (χ0) is 21.1. The van der Waals surface area contributed by atoms with Gasteiger partial charge in [-0.15, -0.1) is 0 Å². The van der Waals surface area contributed by atoms with Crippen molar-refractivity contribution < 1.29 is 9.47 Å². The van der Waals surface area contributed by atoms with E-state index in [4.69, 9.17) is 9.47 Å². The highest BCUT2D eigenvalue weighted by atomic mass is 16.5. The number of aromatic nitrogens is 4. The van der Waals surface area contributed by atoms with Gasteiger partial charge >= 0.3 is 0 Å². The van der Waals surface area contributed by atoms with E-state index in [1.54, 1.807) is 14.2 Å². The lowest BCUT2D eigenvalue weighted by atomic mass is 10.0. The molecule has 1 unspecified atom stereocenters. The van der Waals surface area contributed by atoms with Gasteiger partial charge in [-0.1, -0.05) is 18.2 Å². The molecule has 30 heavy (non-hydrogen) atoms. The minimum atomic E-state index is 0.0141. The summed E-state index contributed by atoms with van der Waals surface area (Å²) in [6.07, 6.45) is 5.15. The predicted octanol–water partition coefficient (Wildman–Crippen LogP) is 4.59. The van der Waals surface area contributed by atoms with Gasteiger partial charge in [0.15, 0.2) is 11.5 Å². The van der Waals surface area contributed by atoms with Crippen LogP contribution in [0.1, 0.15) is 24.4 Å². The Balaban J connectivity index is 1.70. The van der Waals surface area contributed by atoms with Crippen LogP contribution < -0.4 is 14.8 Å². The Labute approximate surface area is 175 Å². The maximum absolute atomic E-state index is 5.46. The molecule has 0 aliphatic carbocycles. The molecule has 4 aromatic rings. The second kappa shape index (κ2) is 8.32. The largest absolute Gasteiger partial charge is 0.493 e. The summed E-state index contributed by atoms with van der Waals surface area (Å²) in [7, 11) is 3.23. The molecule has 7 heteroatoms. The number of anilines is 1. The molecule has 0 radical (unpaired) electrons. The maximum atomic E-state index is 5.46. The Morgan fingerprint density at radius 1 is 0.900 bits per heavy atom. The Hall–Kier alpha value is -3.74. The molecule has 0 aliphatic heterocycles. The third-order valence-corrected chi connectivity index (χ3v) is 4.95. The van der Waals surface area contributed by atoms with Gasteiger partial charge in [0, 0.05) is 35.5 Å². The van der Waals surface area contributed by atoms with Crippen LogP contribution in [0.15, 0.2) is 55.1 Å². The highest BCUT2D eigenvalue weighted by Gasteiger charge is 2.15. The Morgan fingerprint density at radius 3 is 2.37 bits per heavy atom. The van der Waals surface area contributed by atoms with E-state index in [1.165, 1.54) is 6.33 Å². The van der Waals surface area contributed by atoms with Crippen LogP contribution in [-0.2, 0) is 0 Å². The minimum absolute atomic E-state index is 0.0141. The number of benzene rings is 2. The first-order chi connectivity index (χ1) is 14.6. The molecular formula is C23H23N5O2. The molecule has 4 rings (SSSR count). The van der Waals surface area contributed by atoms with Gasteiger partial charge < -0.3 is 14.8 Å². The van der Waals surface area contributed by atoms with E-state index in [1.807, 2.05) is 37.5 Å². The van der Waals surface area contributed by atoms with Crippen molar-refractivity contribution in [3.05, 3.63) is 66.5 Å². The number of aryl methyl sites for hydroxylation is 1. The summed E-state index contributed by atoms with van der Waals surface area (Å²) in [5.74, 6) is 2.71. The lowest BCUT2D eigenvalue weighted by Gasteiger charge is -2.18. The summed E-state index contributed by atoms with van der Waals surface area (Å²) in [4.78, 5) is 17.4. The predicted molar refractivity (Wildman–Crippen MR) is 117 cm³/mol. The fourth-order valence-corrected chi connectivity index (χ4v) is 3.41. The average molecular weight is 401 g/mol. The third-order valence-electron chi connectivity index (χ3n) is 4.95. The van der Waals surface area contributed by atoms with Crippen molar-refractivity contribution in [2.75, 3.05) is 19.5 Å². The number of hydrogen-bond donors (Lipinski definition) is 1. The van der Waals surface area contributed by atoms with E-state index in [2.05, 4.69) is 50.4 Å². The number of methoxy groups -OCH3 is 2. The molecular weight excluding hydrogens is 378 g/mol. The summed E-state index contributed by atoms with van der Waals surface area (Å²) in [6.45, 7) is 3.98. The van der Waals surface area contributed by atoms with E-state index in [0.29, 0.717) is 17.3 Å². The van der Waals surface area contributed by atoms with Crippen molar-refractivity contribution in [1.29, 1.82) is 0 Å². The van der Waals surface area contributed by atoms with Crippen molar-refractivity contribution in [3.63, 3.8) is 0 Å². The van der Waals surface area contributed by atoms with Gasteiger partial charge in [0.05, 0.1) is 19.7 Å². The summed E-state index contributed by atoms with van der Waals surface area (Å²) in [6, 6.07) is 12.1. The average Bonchev–Trinajstić information content (AvgIpc) is 2.78. The number of ether oxygens (including phenoxy) is 2. The number of rotatable bonds is 6. The zero-order valence-corrected chi connectivity index (χ0v) is 17.4. The van der Waals surface area contributed by atoms with E-state index in [-0.39, 0.29) is 6.04 Å². The molecule has 0 amide bonds. The Kier molecular flexibility index (Phi) is 5.43. The third kappa shape index (κ3) is 3.87. The van der Waals surface area contributed by atoms with Gasteiger partial charge in [-0.25, -0.2) is 19.9 Å². The monoisotopic (exact) mass is 401 g/mol. The SMILES string of the molecule is COc1cc2nc(C)nc(NC(C)c3cccc(-c4cncnc4)c3)c2cc1OC. The van der Waals surface area contributed by atoms with Crippen LogP contribution >= 0.6 is 0 Å². The fourth-order valence-electron chi connectivity index (χ4n) is 3.41. The van der Waals surface area contributed by atoms with Crippen molar-refractivity contribution in [3.8, 4) is 22.6 Å². The lowest BCUT2D eigenvalue weighted by molar-refractivity contribution is 0.356. The minimum Gasteiger partial charge on any atom is -0.493 e.